The number of nitro benzene ring substituents is 1. The van der Waals surface area contributed by atoms with Crippen molar-refractivity contribution in [2.24, 2.45) is 0 Å². The molecule has 0 bridgehead atoms. The molecule has 0 spiro atoms. The van der Waals surface area contributed by atoms with Crippen LogP contribution in [0.4, 0.5) is 5.69 Å². The van der Waals surface area contributed by atoms with Gasteiger partial charge in [0.2, 0.25) is 0 Å². The Balaban J connectivity index is 0.00000128. The second-order valence-corrected chi connectivity index (χ2v) is 3.44. The van der Waals surface area contributed by atoms with E-state index >= 15 is 0 Å². The number of halogens is 1. The third-order valence-corrected chi connectivity index (χ3v) is 2.61. The van der Waals surface area contributed by atoms with Crippen LogP contribution < -0.4 is 10.1 Å². The van der Waals surface area contributed by atoms with Gasteiger partial charge in [-0.25, -0.2) is 0 Å². The van der Waals surface area contributed by atoms with E-state index in [-0.39, 0.29) is 23.0 Å². The smallest absolute Gasteiger partial charge is 0.314 e. The third kappa shape index (κ3) is 2.10. The van der Waals surface area contributed by atoms with Gasteiger partial charge in [-0.05, 0) is 24.6 Å². The van der Waals surface area contributed by atoms with Gasteiger partial charge >= 0.3 is 5.69 Å². The number of nitrogens with zero attached hydrogens (tertiary/aromatic N) is 1. The van der Waals surface area contributed by atoms with Crippen LogP contribution >= 0.6 is 12.4 Å². The van der Waals surface area contributed by atoms with Gasteiger partial charge in [-0.2, -0.15) is 0 Å². The van der Waals surface area contributed by atoms with Crippen LogP contribution in [0.3, 0.4) is 0 Å². The fourth-order valence-corrected chi connectivity index (χ4v) is 1.90. The van der Waals surface area contributed by atoms with Crippen molar-refractivity contribution in [3.05, 3.63) is 33.4 Å². The first kappa shape index (κ1) is 12.7. The highest BCUT2D eigenvalue weighted by molar-refractivity contribution is 5.85. The maximum atomic E-state index is 11.0. The highest BCUT2D eigenvalue weighted by atomic mass is 35.5. The highest BCUT2D eigenvalue weighted by Crippen LogP contribution is 2.34. The number of ether oxygens (including phenoxy) is 1. The van der Waals surface area contributed by atoms with Crippen LogP contribution in [-0.2, 0) is 13.0 Å². The molecule has 1 aliphatic rings. The number of fused-ring (bicyclic) bond motifs is 1. The van der Waals surface area contributed by atoms with Crippen molar-refractivity contribution in [1.29, 1.82) is 0 Å². The Labute approximate surface area is 99.4 Å². The summed E-state index contributed by atoms with van der Waals surface area (Å²) in [6.07, 6.45) is 0.683. The van der Waals surface area contributed by atoms with Crippen LogP contribution in [0.5, 0.6) is 5.75 Å². The molecule has 0 saturated carbocycles. The first-order valence-corrected chi connectivity index (χ1v) is 4.78. The topological polar surface area (TPSA) is 64.4 Å². The summed E-state index contributed by atoms with van der Waals surface area (Å²) < 4.78 is 5.01. The van der Waals surface area contributed by atoms with Crippen molar-refractivity contribution in [2.75, 3.05) is 13.7 Å². The van der Waals surface area contributed by atoms with E-state index in [1.165, 1.54) is 7.11 Å². The second-order valence-electron chi connectivity index (χ2n) is 3.44. The molecule has 1 aromatic rings. The summed E-state index contributed by atoms with van der Waals surface area (Å²) in [5, 5.41) is 14.1. The van der Waals surface area contributed by atoms with E-state index in [0.29, 0.717) is 18.7 Å². The molecule has 0 atom stereocenters. The average molecular weight is 245 g/mol. The van der Waals surface area contributed by atoms with Gasteiger partial charge in [0, 0.05) is 12.1 Å². The number of nitro groups is 1. The summed E-state index contributed by atoms with van der Waals surface area (Å²) in [4.78, 5) is 10.6. The minimum Gasteiger partial charge on any atom is -0.490 e. The van der Waals surface area contributed by atoms with E-state index in [4.69, 9.17) is 4.74 Å². The van der Waals surface area contributed by atoms with Gasteiger partial charge in [-0.3, -0.25) is 10.1 Å². The third-order valence-electron chi connectivity index (χ3n) is 2.61. The molecule has 1 heterocycles. The molecular weight excluding hydrogens is 232 g/mol. The molecule has 0 aliphatic carbocycles. The zero-order valence-corrected chi connectivity index (χ0v) is 9.67. The normalized spacial score (nSPS) is 13.6. The summed E-state index contributed by atoms with van der Waals surface area (Å²) in [5.41, 5.74) is 1.92. The molecular formula is C10H13ClN2O3. The molecule has 16 heavy (non-hydrogen) atoms. The van der Waals surface area contributed by atoms with Gasteiger partial charge < -0.3 is 10.1 Å². The molecule has 6 heteroatoms. The second kappa shape index (κ2) is 5.14. The summed E-state index contributed by atoms with van der Waals surface area (Å²) >= 11 is 0. The summed E-state index contributed by atoms with van der Waals surface area (Å²) in [7, 11) is 1.45. The minimum atomic E-state index is -0.358. The van der Waals surface area contributed by atoms with Crippen molar-refractivity contribution in [2.45, 2.75) is 13.0 Å². The lowest BCUT2D eigenvalue weighted by atomic mass is 9.98. The number of hydrogen-bond donors (Lipinski definition) is 1. The van der Waals surface area contributed by atoms with E-state index in [9.17, 15) is 10.1 Å². The largest absolute Gasteiger partial charge is 0.490 e. The SMILES string of the molecule is COc1ccc2c(c1[N+](=O)[O-])CCNC2.Cl. The number of hydrogen-bond acceptors (Lipinski definition) is 4. The van der Waals surface area contributed by atoms with Gasteiger partial charge in [-0.1, -0.05) is 6.07 Å². The van der Waals surface area contributed by atoms with Crippen molar-refractivity contribution < 1.29 is 9.66 Å². The van der Waals surface area contributed by atoms with Crippen molar-refractivity contribution >= 4 is 18.1 Å². The molecule has 5 nitrogen and oxygen atoms in total. The Morgan fingerprint density at radius 1 is 1.50 bits per heavy atom. The number of benzene rings is 1. The average Bonchev–Trinajstić information content (AvgIpc) is 2.27. The number of rotatable bonds is 2. The van der Waals surface area contributed by atoms with Crippen LogP contribution in [-0.4, -0.2) is 18.6 Å². The lowest BCUT2D eigenvalue weighted by Crippen LogP contribution is -2.24. The quantitative estimate of drug-likeness (QED) is 0.635. The van der Waals surface area contributed by atoms with E-state index in [1.54, 1.807) is 6.07 Å². The maximum Gasteiger partial charge on any atom is 0.314 e. The Morgan fingerprint density at radius 3 is 2.88 bits per heavy atom. The molecule has 1 N–H and O–H groups in total. The molecule has 0 amide bonds. The fraction of sp³-hybridized carbons (Fsp3) is 0.400. The summed E-state index contributed by atoms with van der Waals surface area (Å²) in [5.74, 6) is 0.348. The monoisotopic (exact) mass is 244 g/mol. The van der Waals surface area contributed by atoms with Crippen LogP contribution in [0.2, 0.25) is 0 Å². The molecule has 0 fully saturated rings. The van der Waals surface area contributed by atoms with E-state index in [2.05, 4.69) is 5.32 Å². The zero-order valence-electron chi connectivity index (χ0n) is 8.86. The Morgan fingerprint density at radius 2 is 2.25 bits per heavy atom. The van der Waals surface area contributed by atoms with Crippen LogP contribution in [0.25, 0.3) is 0 Å². The Bertz CT molecular complexity index is 409. The van der Waals surface area contributed by atoms with Gasteiger partial charge in [0.15, 0.2) is 5.75 Å². The summed E-state index contributed by atoms with van der Waals surface area (Å²) in [6, 6.07) is 3.54. The molecule has 2 rings (SSSR count). The fourth-order valence-electron chi connectivity index (χ4n) is 1.90. The zero-order chi connectivity index (χ0) is 10.8. The van der Waals surface area contributed by atoms with Gasteiger partial charge in [-0.15, -0.1) is 12.4 Å². The van der Waals surface area contributed by atoms with Crippen LogP contribution in [0, 0.1) is 10.1 Å². The lowest BCUT2D eigenvalue weighted by molar-refractivity contribution is -0.386. The maximum absolute atomic E-state index is 11.0. The molecule has 0 aromatic heterocycles. The molecule has 1 aliphatic heterocycles. The number of methoxy groups -OCH3 is 1. The van der Waals surface area contributed by atoms with Gasteiger partial charge in [0.05, 0.1) is 12.0 Å². The van der Waals surface area contributed by atoms with Crippen molar-refractivity contribution in [1.82, 2.24) is 5.32 Å². The van der Waals surface area contributed by atoms with E-state index in [0.717, 1.165) is 17.7 Å². The van der Waals surface area contributed by atoms with Crippen LogP contribution in [0.1, 0.15) is 11.1 Å². The Kier molecular flexibility index (Phi) is 4.09. The molecule has 88 valence electrons. The van der Waals surface area contributed by atoms with Gasteiger partial charge in [0.1, 0.15) is 0 Å². The molecule has 0 radical (unpaired) electrons. The predicted molar refractivity (Wildman–Crippen MR) is 62.3 cm³/mol. The highest BCUT2D eigenvalue weighted by Gasteiger charge is 2.25. The van der Waals surface area contributed by atoms with Gasteiger partial charge in [0.25, 0.3) is 0 Å². The molecule has 0 saturated heterocycles. The molecule has 1 aromatic carbocycles. The first-order valence-electron chi connectivity index (χ1n) is 4.78. The minimum absolute atomic E-state index is 0. The lowest BCUT2D eigenvalue weighted by Gasteiger charge is -2.17. The summed E-state index contributed by atoms with van der Waals surface area (Å²) in [6.45, 7) is 1.47. The van der Waals surface area contributed by atoms with E-state index < -0.39 is 0 Å². The predicted octanol–water partition coefficient (Wildman–Crippen LogP) is 1.67. The van der Waals surface area contributed by atoms with E-state index in [1.807, 2.05) is 6.07 Å². The standard InChI is InChI=1S/C10H12N2O3.ClH/c1-15-9-3-2-7-6-11-5-4-8(7)10(9)12(13)14;/h2-3,11H,4-6H2,1H3;1H. The van der Waals surface area contributed by atoms with Crippen LogP contribution in [0.15, 0.2) is 12.1 Å². The molecule has 0 unspecified atom stereocenters. The number of nitrogens with one attached hydrogen (secondary N) is 1. The Hall–Kier alpha value is -1.33. The van der Waals surface area contributed by atoms with Crippen molar-refractivity contribution in [3.63, 3.8) is 0 Å². The van der Waals surface area contributed by atoms with Crippen molar-refractivity contribution in [3.8, 4) is 5.75 Å². The first-order chi connectivity index (χ1) is 7.24.